The molecule has 25 heavy (non-hydrogen) atoms. The second kappa shape index (κ2) is 8.52. The highest BCUT2D eigenvalue weighted by Crippen LogP contribution is 2.28. The summed E-state index contributed by atoms with van der Waals surface area (Å²) in [6.45, 7) is 8.39. The minimum absolute atomic E-state index is 0.139. The number of benzene rings is 1. The monoisotopic (exact) mass is 362 g/mol. The van der Waals surface area contributed by atoms with Gasteiger partial charge in [0.1, 0.15) is 0 Å². The molecule has 136 valence electrons. The van der Waals surface area contributed by atoms with Gasteiger partial charge in [0.2, 0.25) is 5.88 Å². The van der Waals surface area contributed by atoms with Crippen LogP contribution in [0.4, 0.5) is 0 Å². The summed E-state index contributed by atoms with van der Waals surface area (Å²) in [6, 6.07) is 9.16. The molecule has 2 rings (SSSR count). The van der Waals surface area contributed by atoms with E-state index in [1.165, 1.54) is 0 Å². The second-order valence-electron chi connectivity index (χ2n) is 7.29. The number of carbonyl (C=O) groups excluding carboxylic acids is 1. The summed E-state index contributed by atoms with van der Waals surface area (Å²) in [7, 11) is 0. The molecule has 0 saturated heterocycles. The molecule has 1 aromatic heterocycles. The SMILES string of the molecule is CCCCCCC(=O)Oc1cc(C(C)(C)C)nn1-c1ccc(Cl)cc1. The molecule has 0 aliphatic carbocycles. The normalized spacial score (nSPS) is 11.6. The number of aromatic nitrogens is 2. The highest BCUT2D eigenvalue weighted by Gasteiger charge is 2.22. The second-order valence-corrected chi connectivity index (χ2v) is 7.73. The number of carbonyl (C=O) groups is 1. The lowest BCUT2D eigenvalue weighted by Crippen LogP contribution is -2.13. The molecule has 0 amide bonds. The third-order valence-electron chi connectivity index (χ3n) is 3.97. The lowest BCUT2D eigenvalue weighted by atomic mass is 9.93. The van der Waals surface area contributed by atoms with Gasteiger partial charge in [-0.2, -0.15) is 5.10 Å². The Kier molecular flexibility index (Phi) is 6.65. The van der Waals surface area contributed by atoms with Crippen molar-refractivity contribution in [2.24, 2.45) is 0 Å². The number of rotatable bonds is 7. The Morgan fingerprint density at radius 3 is 2.44 bits per heavy atom. The Bertz CT molecular complexity index is 699. The summed E-state index contributed by atoms with van der Waals surface area (Å²) < 4.78 is 7.28. The van der Waals surface area contributed by atoms with Crippen molar-refractivity contribution < 1.29 is 9.53 Å². The van der Waals surface area contributed by atoms with Gasteiger partial charge in [-0.15, -0.1) is 0 Å². The molecule has 1 heterocycles. The summed E-state index contributed by atoms with van der Waals surface area (Å²) in [5.74, 6) is 0.236. The number of esters is 1. The van der Waals surface area contributed by atoms with Crippen molar-refractivity contribution in [1.29, 1.82) is 0 Å². The largest absolute Gasteiger partial charge is 0.407 e. The lowest BCUT2D eigenvalue weighted by molar-refractivity contribution is -0.134. The molecule has 0 fully saturated rings. The maximum absolute atomic E-state index is 12.2. The zero-order valence-electron chi connectivity index (χ0n) is 15.5. The van der Waals surface area contributed by atoms with Gasteiger partial charge in [0.15, 0.2) is 0 Å². The summed E-state index contributed by atoms with van der Waals surface area (Å²) in [6.07, 6.45) is 4.62. The predicted molar refractivity (Wildman–Crippen MR) is 102 cm³/mol. The van der Waals surface area contributed by atoms with Crippen LogP contribution in [0.5, 0.6) is 5.88 Å². The van der Waals surface area contributed by atoms with Crippen LogP contribution in [0.3, 0.4) is 0 Å². The van der Waals surface area contributed by atoms with E-state index in [1.54, 1.807) is 16.8 Å². The van der Waals surface area contributed by atoms with Gasteiger partial charge in [-0.05, 0) is 30.7 Å². The van der Waals surface area contributed by atoms with Crippen molar-refractivity contribution in [3.63, 3.8) is 0 Å². The van der Waals surface area contributed by atoms with Crippen molar-refractivity contribution in [2.45, 2.75) is 65.2 Å². The van der Waals surface area contributed by atoms with Gasteiger partial charge in [0, 0.05) is 22.9 Å². The predicted octanol–water partition coefficient (Wildman–Crippen LogP) is 5.70. The molecule has 0 bridgehead atoms. The Labute approximate surface area is 155 Å². The van der Waals surface area contributed by atoms with Crippen LogP contribution in [0.15, 0.2) is 30.3 Å². The van der Waals surface area contributed by atoms with E-state index in [1.807, 2.05) is 18.2 Å². The first kappa shape index (κ1) is 19.5. The first-order chi connectivity index (χ1) is 11.8. The third-order valence-corrected chi connectivity index (χ3v) is 4.22. The number of ether oxygens (including phenoxy) is 1. The van der Waals surface area contributed by atoms with Crippen molar-refractivity contribution in [2.75, 3.05) is 0 Å². The smallest absolute Gasteiger partial charge is 0.312 e. The minimum Gasteiger partial charge on any atom is -0.407 e. The van der Waals surface area contributed by atoms with Crippen LogP contribution in [0.25, 0.3) is 5.69 Å². The fraction of sp³-hybridized carbons (Fsp3) is 0.500. The standard InChI is InChI=1S/C20H27ClN2O2/c1-5-6-7-8-9-19(24)25-18-14-17(20(2,3)4)22-23(18)16-12-10-15(21)11-13-16/h10-14H,5-9H2,1-4H3. The van der Waals surface area contributed by atoms with Crippen LogP contribution >= 0.6 is 11.6 Å². The molecule has 0 aliphatic heterocycles. The fourth-order valence-corrected chi connectivity index (χ4v) is 2.56. The molecule has 0 atom stereocenters. The van der Waals surface area contributed by atoms with E-state index in [9.17, 15) is 4.79 Å². The van der Waals surface area contributed by atoms with Crippen molar-refractivity contribution >= 4 is 17.6 Å². The van der Waals surface area contributed by atoms with Gasteiger partial charge >= 0.3 is 5.97 Å². The van der Waals surface area contributed by atoms with Gasteiger partial charge in [0.05, 0.1) is 11.4 Å². The molecular weight excluding hydrogens is 336 g/mol. The summed E-state index contributed by atoms with van der Waals surface area (Å²) >= 11 is 5.97. The van der Waals surface area contributed by atoms with Gasteiger partial charge in [0.25, 0.3) is 0 Å². The fourth-order valence-electron chi connectivity index (χ4n) is 2.43. The molecule has 1 aromatic carbocycles. The van der Waals surface area contributed by atoms with Gasteiger partial charge in [-0.25, -0.2) is 4.68 Å². The van der Waals surface area contributed by atoms with Gasteiger partial charge < -0.3 is 4.74 Å². The lowest BCUT2D eigenvalue weighted by Gasteiger charge is -2.13. The molecule has 0 unspecified atom stereocenters. The Balaban J connectivity index is 2.21. The highest BCUT2D eigenvalue weighted by atomic mass is 35.5. The number of halogens is 1. The van der Waals surface area contributed by atoms with Crippen molar-refractivity contribution in [3.05, 3.63) is 41.0 Å². The zero-order valence-corrected chi connectivity index (χ0v) is 16.3. The first-order valence-corrected chi connectivity index (χ1v) is 9.26. The number of hydrogen-bond acceptors (Lipinski definition) is 3. The maximum atomic E-state index is 12.2. The molecule has 0 saturated carbocycles. The van der Waals surface area contributed by atoms with E-state index < -0.39 is 0 Å². The first-order valence-electron chi connectivity index (χ1n) is 8.88. The molecule has 0 spiro atoms. The zero-order chi connectivity index (χ0) is 18.4. The number of nitrogens with zero attached hydrogens (tertiary/aromatic N) is 2. The molecule has 0 N–H and O–H groups in total. The Morgan fingerprint density at radius 2 is 1.84 bits per heavy atom. The molecule has 4 nitrogen and oxygen atoms in total. The van der Waals surface area contributed by atoms with Gasteiger partial charge in [-0.3, -0.25) is 4.79 Å². The topological polar surface area (TPSA) is 44.1 Å². The highest BCUT2D eigenvalue weighted by molar-refractivity contribution is 6.30. The van der Waals surface area contributed by atoms with Crippen LogP contribution in [-0.4, -0.2) is 15.7 Å². The van der Waals surface area contributed by atoms with E-state index >= 15 is 0 Å². The van der Waals surface area contributed by atoms with Crippen LogP contribution in [0, 0.1) is 0 Å². The van der Waals surface area contributed by atoms with Crippen molar-refractivity contribution in [1.82, 2.24) is 9.78 Å². The minimum atomic E-state index is -0.216. The van der Waals surface area contributed by atoms with E-state index in [0.717, 1.165) is 37.1 Å². The Morgan fingerprint density at radius 1 is 1.16 bits per heavy atom. The van der Waals surface area contributed by atoms with Gasteiger partial charge in [-0.1, -0.05) is 58.6 Å². The van der Waals surface area contributed by atoms with Crippen LogP contribution < -0.4 is 4.74 Å². The molecule has 5 heteroatoms. The average Bonchev–Trinajstić information content (AvgIpc) is 2.96. The molecular formula is C20H27ClN2O2. The summed E-state index contributed by atoms with van der Waals surface area (Å²) in [4.78, 5) is 12.2. The molecule has 2 aromatic rings. The summed E-state index contributed by atoms with van der Waals surface area (Å²) in [5, 5.41) is 5.29. The summed E-state index contributed by atoms with van der Waals surface area (Å²) in [5.41, 5.74) is 1.55. The average molecular weight is 363 g/mol. The number of unbranched alkanes of at least 4 members (excludes halogenated alkanes) is 3. The van der Waals surface area contributed by atoms with Crippen molar-refractivity contribution in [3.8, 4) is 11.6 Å². The molecule has 0 radical (unpaired) electrons. The van der Waals surface area contributed by atoms with E-state index in [4.69, 9.17) is 16.3 Å². The molecule has 0 aliphatic rings. The van der Waals surface area contributed by atoms with E-state index in [0.29, 0.717) is 17.3 Å². The van der Waals surface area contributed by atoms with Crippen LogP contribution in [0.2, 0.25) is 5.02 Å². The quantitative estimate of drug-likeness (QED) is 0.468. The van der Waals surface area contributed by atoms with Crippen LogP contribution in [0.1, 0.15) is 65.5 Å². The third kappa shape index (κ3) is 5.60. The Hall–Kier alpha value is -1.81. The van der Waals surface area contributed by atoms with E-state index in [-0.39, 0.29) is 11.4 Å². The van der Waals surface area contributed by atoms with E-state index in [2.05, 4.69) is 32.8 Å². The number of hydrogen-bond donors (Lipinski definition) is 0. The maximum Gasteiger partial charge on any atom is 0.312 e. The van der Waals surface area contributed by atoms with Crippen LogP contribution in [-0.2, 0) is 10.2 Å².